The summed E-state index contributed by atoms with van der Waals surface area (Å²) in [5.74, 6) is 0. The van der Waals surface area contributed by atoms with E-state index in [1.165, 1.54) is 11.1 Å². The second kappa shape index (κ2) is 4.07. The molecule has 1 nitrogen and oxygen atoms in total. The molecule has 0 saturated carbocycles. The highest BCUT2D eigenvalue weighted by Gasteiger charge is 1.88. The predicted octanol–water partition coefficient (Wildman–Crippen LogP) is 2.36. The smallest absolute Gasteiger partial charge is 0.0198 e. The van der Waals surface area contributed by atoms with Gasteiger partial charge < -0.3 is 5.73 Å². The van der Waals surface area contributed by atoms with E-state index in [0.717, 1.165) is 0 Å². The van der Waals surface area contributed by atoms with Crippen LogP contribution >= 0.6 is 0 Å². The minimum Gasteiger partial charge on any atom is -0.325 e. The second-order valence-corrected chi connectivity index (χ2v) is 3.13. The Hall–Kier alpha value is -1.08. The van der Waals surface area contributed by atoms with Gasteiger partial charge in [-0.2, -0.15) is 0 Å². The fourth-order valence-electron chi connectivity index (χ4n) is 1.04. The van der Waals surface area contributed by atoms with Crippen LogP contribution in [0.1, 0.15) is 18.1 Å². The van der Waals surface area contributed by atoms with Gasteiger partial charge in [0.15, 0.2) is 0 Å². The van der Waals surface area contributed by atoms with Crippen LogP contribution in [0.15, 0.2) is 30.3 Å². The second-order valence-electron chi connectivity index (χ2n) is 3.13. The third-order valence-corrected chi connectivity index (χ3v) is 1.63. The first-order valence-electron chi connectivity index (χ1n) is 4.19. The van der Waals surface area contributed by atoms with Gasteiger partial charge in [0.2, 0.25) is 0 Å². The average Bonchev–Trinajstić information content (AvgIpc) is 2.01. The molecule has 0 radical (unpaired) electrons. The van der Waals surface area contributed by atoms with E-state index in [1.807, 2.05) is 13.0 Å². The lowest BCUT2D eigenvalue weighted by molar-refractivity contribution is 0.931. The van der Waals surface area contributed by atoms with E-state index < -0.39 is 0 Å². The molecule has 0 aliphatic carbocycles. The van der Waals surface area contributed by atoms with Gasteiger partial charge in [0.1, 0.15) is 0 Å². The maximum Gasteiger partial charge on any atom is 0.0198 e. The first kappa shape index (κ1) is 9.01. The lowest BCUT2D eigenvalue weighted by atomic mass is 10.1. The number of rotatable bonds is 2. The molecule has 1 aromatic rings. The van der Waals surface area contributed by atoms with Crippen molar-refractivity contribution in [3.63, 3.8) is 0 Å². The van der Waals surface area contributed by atoms with E-state index in [0.29, 0.717) is 0 Å². The molecule has 0 bridgehead atoms. The van der Waals surface area contributed by atoms with Crippen LogP contribution in [0.2, 0.25) is 0 Å². The summed E-state index contributed by atoms with van der Waals surface area (Å²) < 4.78 is 0. The standard InChI is InChI=1S/C11H15N/c1-9-4-3-5-11(8-9)7-6-10(2)12/h3-8,10H,12H2,1-2H3/b7-6+. The van der Waals surface area contributed by atoms with Crippen LogP contribution < -0.4 is 5.73 Å². The molecule has 0 aromatic heterocycles. The Bertz CT molecular complexity index is 274. The third kappa shape index (κ3) is 2.89. The van der Waals surface area contributed by atoms with Crippen molar-refractivity contribution in [1.82, 2.24) is 0 Å². The molecule has 1 atom stereocenters. The minimum absolute atomic E-state index is 0.130. The Morgan fingerprint density at radius 3 is 2.75 bits per heavy atom. The highest BCUT2D eigenvalue weighted by atomic mass is 14.6. The molecule has 0 spiro atoms. The van der Waals surface area contributed by atoms with Crippen LogP contribution in [-0.4, -0.2) is 6.04 Å². The van der Waals surface area contributed by atoms with Crippen molar-refractivity contribution in [2.24, 2.45) is 5.73 Å². The van der Waals surface area contributed by atoms with Crippen LogP contribution in [-0.2, 0) is 0 Å². The summed E-state index contributed by atoms with van der Waals surface area (Å²) in [5.41, 5.74) is 8.09. The van der Waals surface area contributed by atoms with Crippen molar-refractivity contribution in [2.45, 2.75) is 19.9 Å². The molecule has 0 heterocycles. The zero-order valence-corrected chi connectivity index (χ0v) is 7.62. The normalized spacial score (nSPS) is 13.6. The van der Waals surface area contributed by atoms with Gasteiger partial charge in [-0.3, -0.25) is 0 Å². The topological polar surface area (TPSA) is 26.0 Å². The van der Waals surface area contributed by atoms with E-state index >= 15 is 0 Å². The monoisotopic (exact) mass is 161 g/mol. The molecule has 2 N–H and O–H groups in total. The summed E-state index contributed by atoms with van der Waals surface area (Å²) in [5, 5.41) is 0. The number of aryl methyl sites for hydroxylation is 1. The van der Waals surface area contributed by atoms with Crippen molar-refractivity contribution in [1.29, 1.82) is 0 Å². The molecular weight excluding hydrogens is 146 g/mol. The van der Waals surface area contributed by atoms with E-state index in [2.05, 4.69) is 37.3 Å². The fourth-order valence-corrected chi connectivity index (χ4v) is 1.04. The highest BCUT2D eigenvalue weighted by molar-refractivity contribution is 5.50. The van der Waals surface area contributed by atoms with Crippen LogP contribution in [0, 0.1) is 6.92 Å². The molecule has 1 heteroatoms. The fraction of sp³-hybridized carbons (Fsp3) is 0.273. The average molecular weight is 161 g/mol. The first-order chi connectivity index (χ1) is 5.68. The molecule has 12 heavy (non-hydrogen) atoms. The Morgan fingerprint density at radius 2 is 2.17 bits per heavy atom. The maximum absolute atomic E-state index is 5.59. The minimum atomic E-state index is 0.130. The van der Waals surface area contributed by atoms with Crippen molar-refractivity contribution in [3.8, 4) is 0 Å². The molecule has 1 unspecified atom stereocenters. The molecular formula is C11H15N. The zero-order chi connectivity index (χ0) is 8.97. The Morgan fingerprint density at radius 1 is 1.42 bits per heavy atom. The molecule has 0 fully saturated rings. The van der Waals surface area contributed by atoms with Crippen molar-refractivity contribution >= 4 is 6.08 Å². The van der Waals surface area contributed by atoms with Gasteiger partial charge in [0, 0.05) is 6.04 Å². The summed E-state index contributed by atoms with van der Waals surface area (Å²) in [6.07, 6.45) is 4.05. The lowest BCUT2D eigenvalue weighted by Gasteiger charge is -1.97. The number of hydrogen-bond acceptors (Lipinski definition) is 1. The highest BCUT2D eigenvalue weighted by Crippen LogP contribution is 2.05. The van der Waals surface area contributed by atoms with Gasteiger partial charge in [0.05, 0.1) is 0 Å². The van der Waals surface area contributed by atoms with E-state index in [4.69, 9.17) is 5.73 Å². The van der Waals surface area contributed by atoms with Crippen LogP contribution in [0.4, 0.5) is 0 Å². The largest absolute Gasteiger partial charge is 0.325 e. The molecule has 0 aliphatic heterocycles. The molecule has 1 rings (SSSR count). The quantitative estimate of drug-likeness (QED) is 0.708. The number of nitrogens with two attached hydrogens (primary N) is 1. The van der Waals surface area contributed by atoms with Crippen LogP contribution in [0.25, 0.3) is 6.08 Å². The summed E-state index contributed by atoms with van der Waals surface area (Å²) in [4.78, 5) is 0. The van der Waals surface area contributed by atoms with Crippen molar-refractivity contribution in [2.75, 3.05) is 0 Å². The predicted molar refractivity (Wildman–Crippen MR) is 53.9 cm³/mol. The summed E-state index contributed by atoms with van der Waals surface area (Å²) in [6.45, 7) is 4.05. The lowest BCUT2D eigenvalue weighted by Crippen LogP contribution is -2.09. The van der Waals surface area contributed by atoms with E-state index in [9.17, 15) is 0 Å². The van der Waals surface area contributed by atoms with Gasteiger partial charge in [0.25, 0.3) is 0 Å². The van der Waals surface area contributed by atoms with E-state index in [1.54, 1.807) is 0 Å². The van der Waals surface area contributed by atoms with Gasteiger partial charge >= 0.3 is 0 Å². The number of benzene rings is 1. The number of hydrogen-bond donors (Lipinski definition) is 1. The summed E-state index contributed by atoms with van der Waals surface area (Å²) in [6, 6.07) is 8.48. The van der Waals surface area contributed by atoms with Crippen LogP contribution in [0.3, 0.4) is 0 Å². The van der Waals surface area contributed by atoms with E-state index in [-0.39, 0.29) is 6.04 Å². The van der Waals surface area contributed by atoms with Crippen molar-refractivity contribution in [3.05, 3.63) is 41.5 Å². The van der Waals surface area contributed by atoms with Crippen molar-refractivity contribution < 1.29 is 0 Å². The van der Waals surface area contributed by atoms with Crippen LogP contribution in [0.5, 0.6) is 0 Å². The summed E-state index contributed by atoms with van der Waals surface area (Å²) in [7, 11) is 0. The van der Waals surface area contributed by atoms with Gasteiger partial charge in [-0.25, -0.2) is 0 Å². The first-order valence-corrected chi connectivity index (χ1v) is 4.19. The molecule has 1 aromatic carbocycles. The molecule has 0 amide bonds. The maximum atomic E-state index is 5.59. The Kier molecular flexibility index (Phi) is 3.06. The zero-order valence-electron chi connectivity index (χ0n) is 7.62. The van der Waals surface area contributed by atoms with Gasteiger partial charge in [-0.1, -0.05) is 42.0 Å². The van der Waals surface area contributed by atoms with Gasteiger partial charge in [-0.05, 0) is 19.4 Å². The van der Waals surface area contributed by atoms with Gasteiger partial charge in [-0.15, -0.1) is 0 Å². The SMILES string of the molecule is Cc1cccc(/C=C/C(C)N)c1. The Labute approximate surface area is 73.9 Å². The Balaban J connectivity index is 2.76. The molecule has 0 aliphatic rings. The summed E-state index contributed by atoms with van der Waals surface area (Å²) >= 11 is 0. The molecule has 64 valence electrons. The third-order valence-electron chi connectivity index (χ3n) is 1.63. The molecule has 0 saturated heterocycles.